The Morgan fingerprint density at radius 2 is 2.03 bits per heavy atom. The minimum atomic E-state index is -0.0269. The molecule has 1 unspecified atom stereocenters. The van der Waals surface area contributed by atoms with Crippen molar-refractivity contribution in [1.29, 1.82) is 0 Å². The molecule has 0 aliphatic rings. The molecule has 3 rings (SSSR count). The summed E-state index contributed by atoms with van der Waals surface area (Å²) in [6, 6.07) is 7.49. The number of nitrogens with zero attached hydrogens (tertiary/aromatic N) is 2. The number of fused-ring (bicyclic) bond motifs is 1. The minimum absolute atomic E-state index is 0.0269. The van der Waals surface area contributed by atoms with Gasteiger partial charge in [0.25, 0.3) is 0 Å². The van der Waals surface area contributed by atoms with Crippen molar-refractivity contribution in [3.05, 3.63) is 52.1 Å². The summed E-state index contributed by atoms with van der Waals surface area (Å²) >= 11 is 8.19. The number of allylic oxidation sites excluding steroid dienone is 1. The van der Waals surface area contributed by atoms with E-state index >= 15 is 0 Å². The highest BCUT2D eigenvalue weighted by atomic mass is 35.5. The van der Waals surface area contributed by atoms with Crippen LogP contribution in [0.1, 0.15) is 51.6 Å². The van der Waals surface area contributed by atoms with Gasteiger partial charge >= 0.3 is 0 Å². The first-order chi connectivity index (χ1) is 13.6. The van der Waals surface area contributed by atoms with Gasteiger partial charge in [-0.25, -0.2) is 9.97 Å². The average Bonchev–Trinajstić information content (AvgIpc) is 3.08. The number of halogens is 1. The number of hydrogen-bond acceptors (Lipinski definition) is 5. The molecule has 2 heterocycles. The maximum absolute atomic E-state index is 11.2. The molecule has 1 atom stereocenters. The van der Waals surface area contributed by atoms with Crippen molar-refractivity contribution in [1.82, 2.24) is 9.97 Å². The number of carbonyl (C=O) groups is 1. The predicted molar refractivity (Wildman–Crippen MR) is 121 cm³/mol. The molecule has 1 aromatic carbocycles. The number of benzene rings is 1. The largest absolute Gasteiger partial charge is 0.437 e. The Labute approximate surface area is 180 Å². The molecule has 0 spiro atoms. The van der Waals surface area contributed by atoms with E-state index in [1.807, 2.05) is 43.3 Å². The van der Waals surface area contributed by atoms with Crippen LogP contribution in [-0.4, -0.2) is 15.8 Å². The molecule has 0 amide bonds. The van der Waals surface area contributed by atoms with Gasteiger partial charge in [0.1, 0.15) is 16.6 Å². The maximum atomic E-state index is 11.2. The van der Waals surface area contributed by atoms with Crippen molar-refractivity contribution >= 4 is 45.0 Å². The molecule has 0 aliphatic carbocycles. The normalized spacial score (nSPS) is 13.2. The van der Waals surface area contributed by atoms with Crippen molar-refractivity contribution in [2.45, 2.75) is 46.5 Å². The van der Waals surface area contributed by atoms with Gasteiger partial charge < -0.3 is 9.53 Å². The fraction of sp³-hybridized carbons (Fsp3) is 0.348. The van der Waals surface area contributed by atoms with E-state index in [0.717, 1.165) is 20.8 Å². The summed E-state index contributed by atoms with van der Waals surface area (Å²) in [4.78, 5) is 20.2. The van der Waals surface area contributed by atoms with E-state index in [-0.39, 0.29) is 17.1 Å². The highest BCUT2D eigenvalue weighted by Gasteiger charge is 2.21. The summed E-state index contributed by atoms with van der Waals surface area (Å²) in [5.41, 5.74) is 1.80. The van der Waals surface area contributed by atoms with Crippen LogP contribution >= 0.6 is 22.9 Å². The minimum Gasteiger partial charge on any atom is -0.437 e. The van der Waals surface area contributed by atoms with Crippen LogP contribution in [0.4, 0.5) is 0 Å². The molecule has 29 heavy (non-hydrogen) atoms. The van der Waals surface area contributed by atoms with Gasteiger partial charge in [-0.2, -0.15) is 0 Å². The molecule has 4 nitrogen and oxygen atoms in total. The van der Waals surface area contributed by atoms with Crippen LogP contribution < -0.4 is 4.74 Å². The Kier molecular flexibility index (Phi) is 6.39. The Morgan fingerprint density at radius 3 is 2.66 bits per heavy atom. The number of rotatable bonds is 6. The van der Waals surface area contributed by atoms with Gasteiger partial charge in [0.2, 0.25) is 5.88 Å². The van der Waals surface area contributed by atoms with Crippen molar-refractivity contribution in [3.8, 4) is 11.6 Å². The third-order valence-electron chi connectivity index (χ3n) is 4.30. The second kappa shape index (κ2) is 8.64. The van der Waals surface area contributed by atoms with Crippen molar-refractivity contribution < 1.29 is 9.53 Å². The first-order valence-electron chi connectivity index (χ1n) is 9.54. The molecule has 0 bridgehead atoms. The van der Waals surface area contributed by atoms with E-state index in [1.165, 1.54) is 0 Å². The molecule has 0 saturated carbocycles. The Bertz CT molecular complexity index is 1050. The highest BCUT2D eigenvalue weighted by molar-refractivity contribution is 7.19. The Hall–Kier alpha value is -2.24. The van der Waals surface area contributed by atoms with Gasteiger partial charge in [0.15, 0.2) is 0 Å². The number of Topliss-reactive ketones (excluding diaryl/α,β-unsaturated/α-hetero) is 1. The standard InChI is InChI=1S/C23H25ClN2O2S/c1-14(12-15(2)27)6-7-16-8-11-19(25-13-16)28-18-10-9-17-21(20(18)24)29-22(26-17)23(3,4)5/h6-11,13-14H,12H2,1-5H3. The molecule has 3 aromatic rings. The molecule has 0 fully saturated rings. The Morgan fingerprint density at radius 1 is 1.28 bits per heavy atom. The third kappa shape index (κ3) is 5.43. The van der Waals surface area contributed by atoms with Crippen LogP contribution in [0.15, 0.2) is 36.5 Å². The fourth-order valence-corrected chi connectivity index (χ4v) is 4.17. The lowest BCUT2D eigenvalue weighted by molar-refractivity contribution is -0.117. The first kappa shape index (κ1) is 21.5. The monoisotopic (exact) mass is 428 g/mol. The van der Waals surface area contributed by atoms with E-state index in [9.17, 15) is 4.79 Å². The average molecular weight is 429 g/mol. The van der Waals surface area contributed by atoms with Crippen molar-refractivity contribution in [2.24, 2.45) is 5.92 Å². The summed E-state index contributed by atoms with van der Waals surface area (Å²) in [5.74, 6) is 1.43. The van der Waals surface area contributed by atoms with Crippen LogP contribution in [0.3, 0.4) is 0 Å². The highest BCUT2D eigenvalue weighted by Crippen LogP contribution is 2.40. The fourth-order valence-electron chi connectivity index (χ4n) is 2.80. The number of ether oxygens (including phenoxy) is 1. The number of carbonyl (C=O) groups excluding carboxylic acids is 1. The van der Waals surface area contributed by atoms with E-state index in [2.05, 4.69) is 25.8 Å². The summed E-state index contributed by atoms with van der Waals surface area (Å²) in [5, 5.41) is 1.60. The molecule has 0 aliphatic heterocycles. The van der Waals surface area contributed by atoms with Gasteiger partial charge in [-0.1, -0.05) is 51.4 Å². The van der Waals surface area contributed by atoms with Gasteiger partial charge in [-0.05, 0) is 36.6 Å². The SMILES string of the molecule is CC(=O)CC(C)C=Cc1ccc(Oc2ccc3nc(C(C)(C)C)sc3c2Cl)nc1. The Balaban J connectivity index is 1.76. The molecule has 6 heteroatoms. The lowest BCUT2D eigenvalue weighted by atomic mass is 9.98. The number of ketones is 1. The van der Waals surface area contributed by atoms with E-state index in [4.69, 9.17) is 21.3 Å². The van der Waals surface area contributed by atoms with Gasteiger partial charge in [0, 0.05) is 24.1 Å². The smallest absolute Gasteiger partial charge is 0.219 e. The van der Waals surface area contributed by atoms with Gasteiger partial charge in [0.05, 0.1) is 15.2 Å². The van der Waals surface area contributed by atoms with Crippen LogP contribution in [-0.2, 0) is 10.2 Å². The summed E-state index contributed by atoms with van der Waals surface area (Å²) < 4.78 is 6.84. The predicted octanol–water partition coefficient (Wildman–Crippen LogP) is 7.06. The number of thiazole rings is 1. The zero-order valence-corrected chi connectivity index (χ0v) is 18.9. The molecule has 0 N–H and O–H groups in total. The second-order valence-electron chi connectivity index (χ2n) is 8.27. The van der Waals surface area contributed by atoms with Crippen LogP contribution in [0.2, 0.25) is 5.02 Å². The molecule has 0 radical (unpaired) electrons. The third-order valence-corrected chi connectivity index (χ3v) is 6.31. The molecular weight excluding hydrogens is 404 g/mol. The zero-order valence-electron chi connectivity index (χ0n) is 17.3. The molecule has 0 saturated heterocycles. The second-order valence-corrected chi connectivity index (χ2v) is 9.65. The number of hydrogen-bond donors (Lipinski definition) is 0. The van der Waals surface area contributed by atoms with Crippen molar-refractivity contribution in [2.75, 3.05) is 0 Å². The number of pyridine rings is 1. The molecule has 152 valence electrons. The number of aromatic nitrogens is 2. The molecule has 2 aromatic heterocycles. The summed E-state index contributed by atoms with van der Waals surface area (Å²) in [6.45, 7) is 10.0. The lowest BCUT2D eigenvalue weighted by Crippen LogP contribution is -2.09. The van der Waals surface area contributed by atoms with Crippen LogP contribution in [0.5, 0.6) is 11.6 Å². The first-order valence-corrected chi connectivity index (χ1v) is 10.7. The van der Waals surface area contributed by atoms with E-state index in [1.54, 1.807) is 24.5 Å². The summed E-state index contributed by atoms with van der Waals surface area (Å²) in [7, 11) is 0. The van der Waals surface area contributed by atoms with Crippen molar-refractivity contribution in [3.63, 3.8) is 0 Å². The van der Waals surface area contributed by atoms with Crippen LogP contribution in [0.25, 0.3) is 16.3 Å². The topological polar surface area (TPSA) is 52.1 Å². The lowest BCUT2D eigenvalue weighted by Gasteiger charge is -2.13. The summed E-state index contributed by atoms with van der Waals surface area (Å²) in [6.07, 6.45) is 6.26. The van der Waals surface area contributed by atoms with Crippen LogP contribution in [0, 0.1) is 5.92 Å². The van der Waals surface area contributed by atoms with Gasteiger partial charge in [-0.3, -0.25) is 0 Å². The zero-order chi connectivity index (χ0) is 21.2. The van der Waals surface area contributed by atoms with Gasteiger partial charge in [-0.15, -0.1) is 11.3 Å². The maximum Gasteiger partial charge on any atom is 0.219 e. The van der Waals surface area contributed by atoms with E-state index in [0.29, 0.717) is 23.1 Å². The molecular formula is C23H25ClN2O2S. The van der Waals surface area contributed by atoms with E-state index < -0.39 is 0 Å². The quantitative estimate of drug-likeness (QED) is 0.421.